The summed E-state index contributed by atoms with van der Waals surface area (Å²) in [4.78, 5) is 12.9. The van der Waals surface area contributed by atoms with Crippen LogP contribution in [0.5, 0.6) is 0 Å². The lowest BCUT2D eigenvalue weighted by atomic mass is 9.90. The molecular formula is C30H5F7N10. The normalized spacial score (nSPS) is 13.5. The van der Waals surface area contributed by atoms with E-state index in [1.165, 1.54) is 12.1 Å². The molecule has 2 aromatic heterocycles. The summed E-state index contributed by atoms with van der Waals surface area (Å²) in [5, 5.41) is 59.3. The minimum absolute atomic E-state index is 0.326. The Labute approximate surface area is 257 Å². The van der Waals surface area contributed by atoms with E-state index in [1.54, 1.807) is 24.3 Å². The highest BCUT2D eigenvalue weighted by atomic mass is 19.4. The van der Waals surface area contributed by atoms with Crippen LogP contribution in [-0.4, -0.2) is 19.9 Å². The molecule has 0 atom stereocenters. The molecule has 224 valence electrons. The van der Waals surface area contributed by atoms with Crippen LogP contribution in [0.4, 0.5) is 30.7 Å². The van der Waals surface area contributed by atoms with Crippen LogP contribution in [0.2, 0.25) is 0 Å². The van der Waals surface area contributed by atoms with Crippen molar-refractivity contribution in [2.24, 2.45) is 0 Å². The molecule has 10 nitrogen and oxygen atoms in total. The van der Waals surface area contributed by atoms with E-state index < -0.39 is 85.5 Å². The molecule has 1 aromatic carbocycles. The first kappa shape index (κ1) is 31.2. The molecule has 0 saturated heterocycles. The highest BCUT2D eigenvalue weighted by molar-refractivity contribution is 6.29. The second-order valence-corrected chi connectivity index (χ2v) is 9.29. The van der Waals surface area contributed by atoms with Crippen LogP contribution in [0, 0.1) is 73.8 Å². The standard InChI is InChI=1S/C30H5F7N10/c31-26-24-17(20(12(2-38)3-39)22(19(24)7-43)15-10-46-28(47-11-15)30(35,36)37)1-16-18(6-42)21(23(25(16)26)13(4-40)5-41)14-8-44-27(45-9-14)29(32,33)34/h1,8-11H. The average molecular weight is 638 g/mol. The zero-order valence-corrected chi connectivity index (χ0v) is 22.5. The number of hydrogen-bond acceptors (Lipinski definition) is 10. The van der Waals surface area contributed by atoms with Gasteiger partial charge in [-0.25, -0.2) is 24.3 Å². The smallest absolute Gasteiger partial charge is 0.232 e. The number of hydrogen-bond donors (Lipinski definition) is 0. The van der Waals surface area contributed by atoms with Crippen LogP contribution in [0.15, 0.2) is 42.0 Å². The van der Waals surface area contributed by atoms with Gasteiger partial charge in [-0.1, -0.05) is 0 Å². The van der Waals surface area contributed by atoms with Crippen LogP contribution in [0.3, 0.4) is 0 Å². The third-order valence-corrected chi connectivity index (χ3v) is 6.86. The molecule has 2 heterocycles. The quantitative estimate of drug-likeness (QED) is 0.239. The van der Waals surface area contributed by atoms with E-state index >= 15 is 4.39 Å². The van der Waals surface area contributed by atoms with Crippen LogP contribution in [-0.2, 0) is 12.4 Å². The maximum atomic E-state index is 16.8. The predicted molar refractivity (Wildman–Crippen MR) is 142 cm³/mol. The zero-order chi connectivity index (χ0) is 34.4. The van der Waals surface area contributed by atoms with Crippen LogP contribution in [0.1, 0.15) is 45.0 Å². The Morgan fingerprint density at radius 1 is 0.553 bits per heavy atom. The summed E-state index contributed by atoms with van der Waals surface area (Å²) < 4.78 is 95.7. The summed E-state index contributed by atoms with van der Waals surface area (Å²) in [5.41, 5.74) is -6.99. The molecule has 0 amide bonds. The third-order valence-electron chi connectivity index (χ3n) is 6.86. The molecule has 47 heavy (non-hydrogen) atoms. The molecular weight excluding hydrogens is 633 g/mol. The summed E-state index contributed by atoms with van der Waals surface area (Å²) in [6, 6.07) is 10.7. The SMILES string of the molecule is N#CC(C#N)=C1C(c2cnc(C(F)(F)F)nc2)=C(C#N)c2c1cc1c(c2F)C(=C(C#N)C#N)C(c2cnc(C(F)(F)F)nc2)=C1C#N. The van der Waals surface area contributed by atoms with Gasteiger partial charge in [0, 0.05) is 74.9 Å². The Kier molecular flexibility index (Phi) is 7.34. The van der Waals surface area contributed by atoms with E-state index in [2.05, 4.69) is 19.9 Å². The van der Waals surface area contributed by atoms with Crippen molar-refractivity contribution in [3.63, 3.8) is 0 Å². The number of allylic oxidation sites excluding steroid dienone is 8. The number of nitriles is 6. The van der Waals surface area contributed by atoms with Crippen molar-refractivity contribution in [1.82, 2.24) is 19.9 Å². The Hall–Kier alpha value is -7.21. The summed E-state index contributed by atoms with van der Waals surface area (Å²) in [7, 11) is 0. The number of halogens is 7. The fraction of sp³-hybridized carbons (Fsp3) is 0.0667. The average Bonchev–Trinajstić information content (AvgIpc) is 3.55. The topological polar surface area (TPSA) is 194 Å². The highest BCUT2D eigenvalue weighted by Crippen LogP contribution is 2.55. The van der Waals surface area contributed by atoms with E-state index in [1.807, 2.05) is 0 Å². The fourth-order valence-electron chi connectivity index (χ4n) is 5.10. The lowest BCUT2D eigenvalue weighted by Crippen LogP contribution is -2.10. The van der Waals surface area contributed by atoms with Crippen molar-refractivity contribution in [2.75, 3.05) is 0 Å². The van der Waals surface area contributed by atoms with Crippen molar-refractivity contribution in [1.29, 1.82) is 31.6 Å². The molecule has 2 aliphatic carbocycles. The highest BCUT2D eigenvalue weighted by Gasteiger charge is 2.42. The van der Waals surface area contributed by atoms with Gasteiger partial charge >= 0.3 is 12.4 Å². The molecule has 0 spiro atoms. The van der Waals surface area contributed by atoms with Gasteiger partial charge in [0.25, 0.3) is 0 Å². The number of nitrogens with zero attached hydrogens (tertiary/aromatic N) is 10. The molecule has 3 aromatic rings. The van der Waals surface area contributed by atoms with E-state index in [9.17, 15) is 57.9 Å². The van der Waals surface area contributed by atoms with Crippen molar-refractivity contribution in [3.05, 3.63) is 92.8 Å². The van der Waals surface area contributed by atoms with E-state index in [-0.39, 0.29) is 22.3 Å². The minimum Gasteiger partial charge on any atom is -0.232 e. The van der Waals surface area contributed by atoms with Gasteiger partial charge in [0.1, 0.15) is 53.4 Å². The summed E-state index contributed by atoms with van der Waals surface area (Å²) in [6.07, 6.45) is -7.35. The van der Waals surface area contributed by atoms with Crippen LogP contribution in [0.25, 0.3) is 33.4 Å². The molecule has 0 bridgehead atoms. The zero-order valence-electron chi connectivity index (χ0n) is 22.5. The van der Waals surface area contributed by atoms with Gasteiger partial charge in [-0.2, -0.15) is 57.9 Å². The van der Waals surface area contributed by atoms with Gasteiger partial charge in [0.15, 0.2) is 0 Å². The van der Waals surface area contributed by atoms with Gasteiger partial charge in [-0.3, -0.25) is 0 Å². The second-order valence-electron chi connectivity index (χ2n) is 9.29. The Bertz CT molecular complexity index is 2290. The minimum atomic E-state index is -4.96. The van der Waals surface area contributed by atoms with Gasteiger partial charge in [0.05, 0.1) is 11.1 Å². The fourth-order valence-corrected chi connectivity index (χ4v) is 5.10. The molecule has 0 saturated carbocycles. The van der Waals surface area contributed by atoms with Gasteiger partial charge < -0.3 is 0 Å². The second kappa shape index (κ2) is 11.1. The largest absolute Gasteiger partial charge is 0.451 e. The number of rotatable bonds is 2. The third kappa shape index (κ3) is 4.78. The van der Waals surface area contributed by atoms with Crippen molar-refractivity contribution >= 4 is 33.4 Å². The van der Waals surface area contributed by atoms with Gasteiger partial charge in [-0.05, 0) is 11.6 Å². The Morgan fingerprint density at radius 2 is 0.957 bits per heavy atom. The van der Waals surface area contributed by atoms with Crippen LogP contribution >= 0.6 is 0 Å². The number of aromatic nitrogens is 4. The predicted octanol–water partition coefficient (Wildman–Crippen LogP) is 5.94. The first-order valence-electron chi connectivity index (χ1n) is 12.3. The first-order valence-corrected chi connectivity index (χ1v) is 12.3. The molecule has 0 N–H and O–H groups in total. The summed E-state index contributed by atoms with van der Waals surface area (Å²) in [6.45, 7) is 0. The molecule has 0 fully saturated rings. The Balaban J connectivity index is 1.90. The number of fused-ring (bicyclic) bond motifs is 2. The van der Waals surface area contributed by atoms with Crippen molar-refractivity contribution in [3.8, 4) is 36.4 Å². The van der Waals surface area contributed by atoms with Crippen molar-refractivity contribution < 1.29 is 30.7 Å². The summed E-state index contributed by atoms with van der Waals surface area (Å²) >= 11 is 0. The summed E-state index contributed by atoms with van der Waals surface area (Å²) in [5.74, 6) is -4.49. The lowest BCUT2D eigenvalue weighted by molar-refractivity contribution is -0.145. The van der Waals surface area contributed by atoms with E-state index in [0.29, 0.717) is 24.8 Å². The number of alkyl halides is 6. The van der Waals surface area contributed by atoms with Gasteiger partial charge in [-0.15, -0.1) is 0 Å². The lowest BCUT2D eigenvalue weighted by Gasteiger charge is -2.12. The van der Waals surface area contributed by atoms with Crippen molar-refractivity contribution in [2.45, 2.75) is 12.4 Å². The molecule has 5 rings (SSSR count). The maximum Gasteiger partial charge on any atom is 0.451 e. The van der Waals surface area contributed by atoms with Gasteiger partial charge in [0.2, 0.25) is 11.6 Å². The first-order chi connectivity index (χ1) is 22.3. The maximum absolute atomic E-state index is 16.8. The molecule has 0 radical (unpaired) electrons. The van der Waals surface area contributed by atoms with Crippen LogP contribution < -0.4 is 0 Å². The molecule has 0 unspecified atom stereocenters. The van der Waals surface area contributed by atoms with E-state index in [0.717, 1.165) is 6.07 Å². The Morgan fingerprint density at radius 3 is 1.34 bits per heavy atom. The molecule has 2 aliphatic rings. The number of benzene rings is 1. The van der Waals surface area contributed by atoms with E-state index in [4.69, 9.17) is 0 Å². The monoisotopic (exact) mass is 638 g/mol. The molecule has 0 aliphatic heterocycles. The molecule has 17 heteroatoms.